The highest BCUT2D eigenvalue weighted by atomic mass is 35.5. The van der Waals surface area contributed by atoms with Crippen molar-refractivity contribution in [2.45, 2.75) is 56.3 Å². The zero-order valence-electron chi connectivity index (χ0n) is 24.7. The number of nitrogens with zero attached hydrogens (tertiary/aromatic N) is 4. The number of anilines is 1. The van der Waals surface area contributed by atoms with E-state index in [4.69, 9.17) is 16.3 Å². The van der Waals surface area contributed by atoms with Crippen LogP contribution >= 0.6 is 11.6 Å². The smallest absolute Gasteiger partial charge is 0.249 e. The molecular weight excluding hydrogens is 592 g/mol. The highest BCUT2D eigenvalue weighted by molar-refractivity contribution is 6.28. The largest absolute Gasteiger partial charge is 0.388 e. The van der Waals surface area contributed by atoms with Crippen LogP contribution in [-0.4, -0.2) is 66.5 Å². The average Bonchev–Trinajstić information content (AvgIpc) is 3.61. The Morgan fingerprint density at radius 1 is 0.956 bits per heavy atom. The van der Waals surface area contributed by atoms with Crippen molar-refractivity contribution in [1.29, 1.82) is 0 Å². The first-order valence-electron chi connectivity index (χ1n) is 14.9. The molecule has 1 aliphatic carbocycles. The zero-order chi connectivity index (χ0) is 31.3. The highest BCUT2D eigenvalue weighted by Gasteiger charge is 2.44. The Bertz CT molecular complexity index is 1680. The van der Waals surface area contributed by atoms with Crippen LogP contribution in [0.25, 0.3) is 11.2 Å². The van der Waals surface area contributed by atoms with E-state index in [9.17, 15) is 15.0 Å². The van der Waals surface area contributed by atoms with Gasteiger partial charge in [0.15, 0.2) is 17.0 Å². The van der Waals surface area contributed by atoms with Crippen LogP contribution in [0, 0.1) is 0 Å². The summed E-state index contributed by atoms with van der Waals surface area (Å²) in [6.45, 7) is 2.46. The third-order valence-electron chi connectivity index (χ3n) is 8.32. The molecule has 5 atom stereocenters. The molecule has 0 aliphatic heterocycles. The van der Waals surface area contributed by atoms with Crippen molar-refractivity contribution in [3.8, 4) is 0 Å². The zero-order valence-corrected chi connectivity index (χ0v) is 25.5. The quantitative estimate of drug-likeness (QED) is 0.158. The van der Waals surface area contributed by atoms with E-state index in [2.05, 4.69) is 49.9 Å². The minimum absolute atomic E-state index is 0.0185. The molecule has 0 unspecified atom stereocenters. The number of halogens is 1. The van der Waals surface area contributed by atoms with Crippen LogP contribution in [0.5, 0.6) is 0 Å². The summed E-state index contributed by atoms with van der Waals surface area (Å²) in [4.78, 5) is 26.3. The lowest BCUT2D eigenvalue weighted by Gasteiger charge is -2.20. The van der Waals surface area contributed by atoms with Gasteiger partial charge >= 0.3 is 0 Å². The number of hydrogen-bond donors (Lipinski definition) is 4. The number of carbonyl (C=O) groups is 1. The Labute approximate surface area is 266 Å². The first kappa shape index (κ1) is 30.7. The van der Waals surface area contributed by atoms with E-state index in [1.54, 1.807) is 17.8 Å². The maximum absolute atomic E-state index is 12.9. The summed E-state index contributed by atoms with van der Waals surface area (Å²) in [5.41, 5.74) is 4.14. The minimum atomic E-state index is -1.20. The molecule has 0 radical (unpaired) electrons. The van der Waals surface area contributed by atoms with Gasteiger partial charge in [-0.05, 0) is 41.6 Å². The Balaban J connectivity index is 1.17. The maximum atomic E-state index is 12.9. The van der Waals surface area contributed by atoms with Gasteiger partial charge in [0.25, 0.3) is 0 Å². The molecule has 10 nitrogen and oxygen atoms in total. The van der Waals surface area contributed by atoms with Crippen LogP contribution in [-0.2, 0) is 16.1 Å². The third-order valence-corrected chi connectivity index (χ3v) is 8.49. The molecule has 6 rings (SSSR count). The summed E-state index contributed by atoms with van der Waals surface area (Å²) in [5.74, 6) is 0.123. The Hall–Kier alpha value is -4.35. The third kappa shape index (κ3) is 6.84. The van der Waals surface area contributed by atoms with E-state index in [-0.39, 0.29) is 30.1 Å². The summed E-state index contributed by atoms with van der Waals surface area (Å²) >= 11 is 6.39. The Kier molecular flexibility index (Phi) is 9.37. The van der Waals surface area contributed by atoms with Gasteiger partial charge in [-0.2, -0.15) is 9.97 Å². The SMILES string of the molecule is C[C@@H](OCc1ccccc1)C(=O)N[C@H]1C[C@@H](n2cnc3c(NCC(c4ccccc4)c4ccccc4)nc(Cl)nc32)[C@H](O)[C@@H]1O. The average molecular weight is 627 g/mol. The lowest BCUT2D eigenvalue weighted by atomic mass is 9.91. The van der Waals surface area contributed by atoms with Crippen molar-refractivity contribution in [2.75, 3.05) is 11.9 Å². The minimum Gasteiger partial charge on any atom is -0.388 e. The number of imidazole rings is 1. The van der Waals surface area contributed by atoms with Crippen molar-refractivity contribution in [3.63, 3.8) is 0 Å². The molecule has 1 saturated carbocycles. The van der Waals surface area contributed by atoms with Crippen LogP contribution in [0.3, 0.4) is 0 Å². The van der Waals surface area contributed by atoms with Crippen molar-refractivity contribution in [3.05, 3.63) is 119 Å². The van der Waals surface area contributed by atoms with Gasteiger partial charge in [0.2, 0.25) is 11.2 Å². The first-order chi connectivity index (χ1) is 21.9. The first-order valence-corrected chi connectivity index (χ1v) is 15.3. The molecule has 11 heteroatoms. The fourth-order valence-electron chi connectivity index (χ4n) is 5.85. The number of fused-ring (bicyclic) bond motifs is 1. The molecule has 0 bridgehead atoms. The van der Waals surface area contributed by atoms with Crippen molar-refractivity contribution >= 4 is 34.5 Å². The Morgan fingerprint density at radius 2 is 1.58 bits per heavy atom. The van der Waals surface area contributed by atoms with Crippen molar-refractivity contribution in [2.24, 2.45) is 0 Å². The number of carbonyl (C=O) groups excluding carboxylic acids is 1. The van der Waals surface area contributed by atoms with E-state index in [0.29, 0.717) is 23.5 Å². The summed E-state index contributed by atoms with van der Waals surface area (Å²) in [5, 5.41) is 28.2. The van der Waals surface area contributed by atoms with Crippen molar-refractivity contribution in [1.82, 2.24) is 24.8 Å². The van der Waals surface area contributed by atoms with E-state index in [1.807, 2.05) is 66.7 Å². The second kappa shape index (κ2) is 13.7. The molecule has 2 heterocycles. The van der Waals surface area contributed by atoms with Gasteiger partial charge in [0, 0.05) is 12.5 Å². The molecule has 1 aliphatic rings. The molecule has 4 N–H and O–H groups in total. The summed E-state index contributed by atoms with van der Waals surface area (Å²) in [6.07, 6.45) is -1.33. The van der Waals surface area contributed by atoms with Gasteiger partial charge in [0.05, 0.1) is 25.0 Å². The lowest BCUT2D eigenvalue weighted by molar-refractivity contribution is -0.134. The number of nitrogens with one attached hydrogen (secondary N) is 2. The van der Waals surface area contributed by atoms with Crippen LogP contribution in [0.1, 0.15) is 42.0 Å². The second-order valence-electron chi connectivity index (χ2n) is 11.3. The number of benzene rings is 3. The van der Waals surface area contributed by atoms with Crippen LogP contribution in [0.2, 0.25) is 5.28 Å². The van der Waals surface area contributed by atoms with Gasteiger partial charge in [0.1, 0.15) is 18.3 Å². The maximum Gasteiger partial charge on any atom is 0.249 e. The summed E-state index contributed by atoms with van der Waals surface area (Å²) < 4.78 is 7.42. The van der Waals surface area contributed by atoms with E-state index in [0.717, 1.165) is 16.7 Å². The van der Waals surface area contributed by atoms with Crippen LogP contribution in [0.4, 0.5) is 5.82 Å². The molecule has 232 valence electrons. The standard InChI is InChI=1S/C34H35ClN6O4/c1-21(45-19-22-11-5-2-6-12-22)33(44)38-26-17-27(30(43)29(26)42)41-20-37-28-31(39-34(35)40-32(28)41)36-18-25(23-13-7-3-8-14-23)24-15-9-4-10-16-24/h2-16,20-21,25-27,29-30,42-43H,17-19H2,1H3,(H,38,44)(H,36,39,40)/t21-,26+,27-,29-,30+/m1/s1. The topological polar surface area (TPSA) is 134 Å². The number of amides is 1. The van der Waals surface area contributed by atoms with Gasteiger partial charge in [-0.15, -0.1) is 0 Å². The number of aliphatic hydroxyl groups is 2. The molecule has 2 aromatic heterocycles. The molecule has 3 aromatic carbocycles. The summed E-state index contributed by atoms with van der Waals surface area (Å²) in [6, 6.07) is 28.7. The van der Waals surface area contributed by atoms with E-state index >= 15 is 0 Å². The monoisotopic (exact) mass is 626 g/mol. The van der Waals surface area contributed by atoms with Crippen LogP contribution < -0.4 is 10.6 Å². The van der Waals surface area contributed by atoms with Gasteiger partial charge in [-0.1, -0.05) is 91.0 Å². The molecule has 45 heavy (non-hydrogen) atoms. The number of rotatable bonds is 11. The molecule has 0 saturated heterocycles. The summed E-state index contributed by atoms with van der Waals surface area (Å²) in [7, 11) is 0. The van der Waals surface area contributed by atoms with E-state index < -0.39 is 30.4 Å². The number of hydrogen-bond acceptors (Lipinski definition) is 8. The number of aromatic nitrogens is 4. The molecule has 1 amide bonds. The normalized spacial score (nSPS) is 20.4. The van der Waals surface area contributed by atoms with Gasteiger partial charge in [-0.3, -0.25) is 4.79 Å². The highest BCUT2D eigenvalue weighted by Crippen LogP contribution is 2.35. The van der Waals surface area contributed by atoms with Crippen LogP contribution in [0.15, 0.2) is 97.3 Å². The predicted molar refractivity (Wildman–Crippen MR) is 172 cm³/mol. The number of ether oxygens (including phenoxy) is 1. The molecule has 5 aromatic rings. The Morgan fingerprint density at radius 3 is 2.22 bits per heavy atom. The molecule has 0 spiro atoms. The molecule has 1 fully saturated rings. The van der Waals surface area contributed by atoms with Crippen molar-refractivity contribution < 1.29 is 19.7 Å². The van der Waals surface area contributed by atoms with Gasteiger partial charge < -0.3 is 30.2 Å². The fraction of sp³-hybridized carbons (Fsp3) is 0.294. The predicted octanol–water partition coefficient (Wildman–Crippen LogP) is 4.48. The molecular formula is C34H35ClN6O4. The fourth-order valence-corrected chi connectivity index (χ4v) is 6.02. The van der Waals surface area contributed by atoms with Gasteiger partial charge in [-0.25, -0.2) is 4.98 Å². The lowest BCUT2D eigenvalue weighted by Crippen LogP contribution is -2.46. The van der Waals surface area contributed by atoms with E-state index in [1.165, 1.54) is 0 Å². The second-order valence-corrected chi connectivity index (χ2v) is 11.6. The number of aliphatic hydroxyl groups excluding tert-OH is 2.